The van der Waals surface area contributed by atoms with Crippen molar-refractivity contribution in [3.63, 3.8) is 0 Å². The zero-order valence-electron chi connectivity index (χ0n) is 14.7. The largest absolute Gasteiger partial charge is 0.492 e. The van der Waals surface area contributed by atoms with Crippen molar-refractivity contribution < 1.29 is 17.5 Å². The highest BCUT2D eigenvalue weighted by Crippen LogP contribution is 2.27. The van der Waals surface area contributed by atoms with Gasteiger partial charge in [0, 0.05) is 17.0 Å². The Balaban J connectivity index is 1.54. The molecule has 27 heavy (non-hydrogen) atoms. The van der Waals surface area contributed by atoms with Crippen molar-refractivity contribution in [3.05, 3.63) is 71.0 Å². The van der Waals surface area contributed by atoms with Gasteiger partial charge < -0.3 is 4.74 Å². The lowest BCUT2D eigenvalue weighted by Crippen LogP contribution is -2.28. The monoisotopic (exact) mass is 406 g/mol. The zero-order valence-corrected chi connectivity index (χ0v) is 16.3. The molecule has 0 aliphatic heterocycles. The van der Waals surface area contributed by atoms with Crippen LogP contribution in [0.4, 0.5) is 4.39 Å². The molecular weight excluding hydrogens is 387 g/mol. The molecule has 0 unspecified atom stereocenters. The quantitative estimate of drug-likeness (QED) is 0.619. The molecule has 1 heterocycles. The predicted octanol–water partition coefficient (Wildman–Crippen LogP) is 3.76. The van der Waals surface area contributed by atoms with Crippen molar-refractivity contribution >= 4 is 21.4 Å². The Bertz CT molecular complexity index is 988. The van der Waals surface area contributed by atoms with E-state index in [0.29, 0.717) is 5.75 Å². The number of aryl methyl sites for hydroxylation is 1. The van der Waals surface area contributed by atoms with E-state index in [0.717, 1.165) is 21.1 Å². The minimum absolute atomic E-state index is 0.0160. The average Bonchev–Trinajstić information content (AvgIpc) is 3.03. The van der Waals surface area contributed by atoms with Crippen LogP contribution in [0.5, 0.6) is 5.75 Å². The van der Waals surface area contributed by atoms with Crippen molar-refractivity contribution in [1.82, 2.24) is 9.71 Å². The van der Waals surface area contributed by atoms with Gasteiger partial charge in [-0.2, -0.15) is 0 Å². The second-order valence-electron chi connectivity index (χ2n) is 5.84. The van der Waals surface area contributed by atoms with Gasteiger partial charge in [0.05, 0.1) is 11.4 Å². The number of hydrogen-bond acceptors (Lipinski definition) is 5. The third kappa shape index (κ3) is 5.59. The molecule has 3 rings (SSSR count). The highest BCUT2D eigenvalue weighted by atomic mass is 32.2. The molecule has 0 fully saturated rings. The highest BCUT2D eigenvalue weighted by molar-refractivity contribution is 7.89. The van der Waals surface area contributed by atoms with E-state index >= 15 is 0 Å². The maximum Gasteiger partial charge on any atom is 0.215 e. The van der Waals surface area contributed by atoms with Crippen molar-refractivity contribution in [2.24, 2.45) is 0 Å². The predicted molar refractivity (Wildman–Crippen MR) is 105 cm³/mol. The van der Waals surface area contributed by atoms with E-state index in [1.54, 1.807) is 0 Å². The smallest absolute Gasteiger partial charge is 0.215 e. The van der Waals surface area contributed by atoms with Gasteiger partial charge in [-0.05, 0) is 31.2 Å². The maximum atomic E-state index is 12.8. The van der Waals surface area contributed by atoms with Crippen LogP contribution in [0.1, 0.15) is 10.6 Å². The number of aromatic nitrogens is 1. The second kappa shape index (κ2) is 8.60. The zero-order chi connectivity index (χ0) is 19.3. The van der Waals surface area contributed by atoms with E-state index in [1.165, 1.54) is 35.6 Å². The normalized spacial score (nSPS) is 11.5. The number of thiazole rings is 1. The lowest BCUT2D eigenvalue weighted by molar-refractivity contribution is 0.339. The van der Waals surface area contributed by atoms with Crippen LogP contribution in [0.2, 0.25) is 0 Å². The van der Waals surface area contributed by atoms with E-state index < -0.39 is 10.0 Å². The molecule has 0 radical (unpaired) electrons. The summed E-state index contributed by atoms with van der Waals surface area (Å²) in [6, 6.07) is 15.2. The van der Waals surface area contributed by atoms with E-state index in [1.807, 2.05) is 37.3 Å². The fraction of sp³-hybridized carbons (Fsp3) is 0.211. The first kappa shape index (κ1) is 19.5. The van der Waals surface area contributed by atoms with Gasteiger partial charge in [0.25, 0.3) is 0 Å². The van der Waals surface area contributed by atoms with Gasteiger partial charge in [-0.25, -0.2) is 22.5 Å². The molecule has 0 aliphatic carbocycles. The fourth-order valence-corrected chi connectivity index (χ4v) is 4.25. The van der Waals surface area contributed by atoms with Crippen molar-refractivity contribution in [2.75, 3.05) is 12.4 Å². The number of sulfonamides is 1. The van der Waals surface area contributed by atoms with Gasteiger partial charge >= 0.3 is 0 Å². The Morgan fingerprint density at radius 3 is 2.52 bits per heavy atom. The van der Waals surface area contributed by atoms with E-state index in [2.05, 4.69) is 9.71 Å². The first-order valence-electron chi connectivity index (χ1n) is 8.30. The first-order chi connectivity index (χ1) is 12.9. The Labute approximate surface area is 161 Å². The Morgan fingerprint density at radius 1 is 1.11 bits per heavy atom. The number of nitrogens with zero attached hydrogens (tertiary/aromatic N) is 1. The summed E-state index contributed by atoms with van der Waals surface area (Å²) in [4.78, 5) is 5.39. The Hall–Kier alpha value is -2.29. The molecule has 0 spiro atoms. The first-order valence-corrected chi connectivity index (χ1v) is 10.8. The average molecular weight is 407 g/mol. The third-order valence-electron chi connectivity index (χ3n) is 3.80. The highest BCUT2D eigenvalue weighted by Gasteiger charge is 2.14. The molecule has 3 aromatic rings. The summed E-state index contributed by atoms with van der Waals surface area (Å²) in [5.41, 5.74) is 1.82. The molecular formula is C19H19FN2O3S2. The fourth-order valence-electron chi connectivity index (χ4n) is 2.34. The van der Waals surface area contributed by atoms with Crippen LogP contribution in [0.3, 0.4) is 0 Å². The lowest BCUT2D eigenvalue weighted by Gasteiger charge is -2.08. The maximum absolute atomic E-state index is 12.8. The number of hydrogen-bond donors (Lipinski definition) is 1. The minimum Gasteiger partial charge on any atom is -0.492 e. The summed E-state index contributed by atoms with van der Waals surface area (Å²) in [7, 11) is -3.50. The summed E-state index contributed by atoms with van der Waals surface area (Å²) in [5, 5.41) is 0.863. The topological polar surface area (TPSA) is 68.3 Å². The Morgan fingerprint density at radius 2 is 1.81 bits per heavy atom. The summed E-state index contributed by atoms with van der Waals surface area (Å²) in [6.07, 6.45) is 0. The summed E-state index contributed by atoms with van der Waals surface area (Å²) < 4.78 is 45.1. The van der Waals surface area contributed by atoms with Crippen LogP contribution >= 0.6 is 11.3 Å². The summed E-state index contributed by atoms with van der Waals surface area (Å²) in [6.45, 7) is 2.04. The summed E-state index contributed by atoms with van der Waals surface area (Å²) >= 11 is 1.47. The number of rotatable bonds is 8. The van der Waals surface area contributed by atoms with Gasteiger partial charge in [-0.1, -0.05) is 30.3 Å². The van der Waals surface area contributed by atoms with E-state index in [-0.39, 0.29) is 24.7 Å². The van der Waals surface area contributed by atoms with Gasteiger partial charge in [0.2, 0.25) is 10.0 Å². The standard InChI is InChI=1S/C19H19FN2O3S2/c1-14-18(26-19(22-14)15-5-3-2-4-6-15)13-21-27(23,24)12-11-25-17-9-7-16(20)8-10-17/h2-10,21H,11-13H2,1H3. The van der Waals surface area contributed by atoms with E-state index in [4.69, 9.17) is 4.74 Å². The number of halogens is 1. The van der Waals surface area contributed by atoms with Crippen molar-refractivity contribution in [1.29, 1.82) is 0 Å². The van der Waals surface area contributed by atoms with Crippen LogP contribution in [0.25, 0.3) is 10.6 Å². The lowest BCUT2D eigenvalue weighted by atomic mass is 10.2. The Kier molecular flexibility index (Phi) is 6.20. The van der Waals surface area contributed by atoms with Gasteiger partial charge in [-0.15, -0.1) is 11.3 Å². The molecule has 0 saturated heterocycles. The van der Waals surface area contributed by atoms with Gasteiger partial charge in [-0.3, -0.25) is 0 Å². The van der Waals surface area contributed by atoms with Gasteiger partial charge in [0.1, 0.15) is 23.2 Å². The molecule has 5 nitrogen and oxygen atoms in total. The number of ether oxygens (including phenoxy) is 1. The van der Waals surface area contributed by atoms with Crippen LogP contribution in [-0.2, 0) is 16.6 Å². The summed E-state index contributed by atoms with van der Waals surface area (Å²) in [5.74, 6) is -0.128. The molecule has 0 saturated carbocycles. The molecule has 2 aromatic carbocycles. The molecule has 0 bridgehead atoms. The van der Waals surface area contributed by atoms with Crippen LogP contribution in [-0.4, -0.2) is 25.8 Å². The molecule has 1 N–H and O–H groups in total. The number of nitrogens with one attached hydrogen (secondary N) is 1. The molecule has 0 atom stereocenters. The van der Waals surface area contributed by atoms with Crippen LogP contribution in [0.15, 0.2) is 54.6 Å². The second-order valence-corrected chi connectivity index (χ2v) is 8.85. The minimum atomic E-state index is -3.50. The van der Waals surface area contributed by atoms with Crippen LogP contribution in [0, 0.1) is 12.7 Å². The molecule has 1 aromatic heterocycles. The van der Waals surface area contributed by atoms with Crippen LogP contribution < -0.4 is 9.46 Å². The number of benzene rings is 2. The molecule has 0 amide bonds. The SMILES string of the molecule is Cc1nc(-c2ccccc2)sc1CNS(=O)(=O)CCOc1ccc(F)cc1. The van der Waals surface area contributed by atoms with E-state index in [9.17, 15) is 12.8 Å². The molecule has 142 valence electrons. The van der Waals surface area contributed by atoms with Gasteiger partial charge in [0.15, 0.2) is 0 Å². The molecule has 0 aliphatic rings. The van der Waals surface area contributed by atoms with Crippen molar-refractivity contribution in [2.45, 2.75) is 13.5 Å². The molecule has 8 heteroatoms. The third-order valence-corrected chi connectivity index (χ3v) is 6.30. The van der Waals surface area contributed by atoms with Crippen molar-refractivity contribution in [3.8, 4) is 16.3 Å².